The lowest BCUT2D eigenvalue weighted by Crippen LogP contribution is -2.41. The number of carbonyl (C=O) groups is 1. The lowest BCUT2D eigenvalue weighted by molar-refractivity contribution is -0.158. The molecule has 2 rings (SSSR count). The van der Waals surface area contributed by atoms with Crippen molar-refractivity contribution in [1.82, 2.24) is 4.90 Å². The smallest absolute Gasteiger partial charge is 0.320 e. The third-order valence-electron chi connectivity index (χ3n) is 3.64. The lowest BCUT2D eigenvalue weighted by atomic mass is 10.1. The summed E-state index contributed by atoms with van der Waals surface area (Å²) in [5.74, 6) is 0.112. The zero-order chi connectivity index (χ0) is 16.3. The average molecular weight is 305 g/mol. The van der Waals surface area contributed by atoms with E-state index in [1.165, 1.54) is 5.56 Å². The Kier molecular flexibility index (Phi) is 5.24. The van der Waals surface area contributed by atoms with Crippen LogP contribution < -0.4 is 0 Å². The van der Waals surface area contributed by atoms with Gasteiger partial charge in [-0.15, -0.1) is 0 Å². The van der Waals surface area contributed by atoms with E-state index in [1.807, 2.05) is 39.0 Å². The summed E-state index contributed by atoms with van der Waals surface area (Å²) in [6.45, 7) is 10.7. The van der Waals surface area contributed by atoms with Crippen molar-refractivity contribution >= 4 is 5.97 Å². The van der Waals surface area contributed by atoms with Gasteiger partial charge in [-0.3, -0.25) is 9.69 Å². The van der Waals surface area contributed by atoms with E-state index in [2.05, 4.69) is 30.9 Å². The second kappa shape index (κ2) is 6.80. The number of hydrogen-bond acceptors (Lipinski definition) is 4. The average Bonchev–Trinajstić information content (AvgIpc) is 2.81. The second-order valence-electron chi connectivity index (χ2n) is 7.15. The minimum atomic E-state index is -0.465. The minimum Gasteiger partial charge on any atom is -0.459 e. The molecule has 0 aromatic heterocycles. The highest BCUT2D eigenvalue weighted by Gasteiger charge is 2.38. The summed E-state index contributed by atoms with van der Waals surface area (Å²) in [7, 11) is 0. The van der Waals surface area contributed by atoms with Crippen LogP contribution in [0, 0.1) is 5.92 Å². The summed E-state index contributed by atoms with van der Waals surface area (Å²) in [4.78, 5) is 14.4. The third-order valence-corrected chi connectivity index (χ3v) is 3.64. The Labute approximate surface area is 133 Å². The fraction of sp³-hybridized carbons (Fsp3) is 0.611. The maximum Gasteiger partial charge on any atom is 0.320 e. The van der Waals surface area contributed by atoms with Gasteiger partial charge in [0.15, 0.2) is 0 Å². The number of rotatable bonds is 4. The monoisotopic (exact) mass is 305 g/mol. The molecular weight excluding hydrogens is 278 g/mol. The van der Waals surface area contributed by atoms with Gasteiger partial charge in [0.05, 0.1) is 19.2 Å². The molecule has 1 fully saturated rings. The molecule has 0 radical (unpaired) electrons. The van der Waals surface area contributed by atoms with Crippen LogP contribution in [0.2, 0.25) is 0 Å². The van der Waals surface area contributed by atoms with E-state index in [9.17, 15) is 4.79 Å². The van der Waals surface area contributed by atoms with E-state index in [4.69, 9.17) is 9.47 Å². The zero-order valence-corrected chi connectivity index (χ0v) is 14.2. The van der Waals surface area contributed by atoms with E-state index in [0.717, 1.165) is 0 Å². The van der Waals surface area contributed by atoms with Gasteiger partial charge in [-0.05, 0) is 32.3 Å². The number of carbonyl (C=O) groups excluding carboxylic acids is 1. The Morgan fingerprint density at radius 3 is 2.50 bits per heavy atom. The van der Waals surface area contributed by atoms with Crippen molar-refractivity contribution in [2.75, 3.05) is 13.2 Å². The molecule has 1 aromatic carbocycles. The third kappa shape index (κ3) is 4.31. The van der Waals surface area contributed by atoms with Gasteiger partial charge in [-0.2, -0.15) is 0 Å². The second-order valence-corrected chi connectivity index (χ2v) is 7.15. The predicted octanol–water partition coefficient (Wildman–Crippen LogP) is 3.38. The largest absolute Gasteiger partial charge is 0.459 e. The van der Waals surface area contributed by atoms with Crippen LogP contribution in [-0.4, -0.2) is 35.8 Å². The number of nitrogens with zero attached hydrogens (tertiary/aromatic N) is 1. The number of ether oxygens (including phenoxy) is 2. The van der Waals surface area contributed by atoms with Crippen molar-refractivity contribution in [2.24, 2.45) is 5.92 Å². The summed E-state index contributed by atoms with van der Waals surface area (Å²) in [6, 6.07) is 10.3. The van der Waals surface area contributed by atoms with Gasteiger partial charge >= 0.3 is 5.97 Å². The normalized spacial score (nSPS) is 23.0. The maximum atomic E-state index is 12.2. The summed E-state index contributed by atoms with van der Waals surface area (Å²) in [6.07, 6.45) is -0.0577. The topological polar surface area (TPSA) is 38.8 Å². The van der Waals surface area contributed by atoms with E-state index >= 15 is 0 Å². The van der Waals surface area contributed by atoms with Crippen LogP contribution >= 0.6 is 0 Å². The molecule has 1 aliphatic rings. The Morgan fingerprint density at radius 1 is 1.32 bits per heavy atom. The van der Waals surface area contributed by atoms with Crippen LogP contribution in [0.5, 0.6) is 0 Å². The molecule has 0 saturated carbocycles. The molecule has 1 aliphatic heterocycles. The van der Waals surface area contributed by atoms with Gasteiger partial charge in [0.2, 0.25) is 0 Å². The Hall–Kier alpha value is -1.39. The Balaban J connectivity index is 2.15. The molecule has 4 nitrogen and oxygen atoms in total. The molecule has 0 N–H and O–H groups in total. The first-order chi connectivity index (χ1) is 10.3. The van der Waals surface area contributed by atoms with Gasteiger partial charge < -0.3 is 9.47 Å². The zero-order valence-electron chi connectivity index (χ0n) is 14.2. The van der Waals surface area contributed by atoms with Crippen molar-refractivity contribution in [1.29, 1.82) is 0 Å². The molecule has 22 heavy (non-hydrogen) atoms. The standard InChI is InChI=1S/C18H27NO3/c1-13(2)17-19(11-16(20)22-18(3,4)5)15(12-21-17)14-9-7-6-8-10-14/h6-10,13,15,17H,11-12H2,1-5H3/t15-,17-/m0/s1. The highest BCUT2D eigenvalue weighted by atomic mass is 16.6. The first-order valence-corrected chi connectivity index (χ1v) is 7.92. The molecule has 1 saturated heterocycles. The highest BCUT2D eigenvalue weighted by molar-refractivity contribution is 5.72. The molecule has 0 amide bonds. The molecular formula is C18H27NO3. The van der Waals surface area contributed by atoms with Crippen LogP contribution in [0.25, 0.3) is 0 Å². The number of benzene rings is 1. The maximum absolute atomic E-state index is 12.2. The van der Waals surface area contributed by atoms with Crippen LogP contribution in [-0.2, 0) is 14.3 Å². The molecule has 4 heteroatoms. The molecule has 2 atom stereocenters. The first kappa shape index (κ1) is 17.0. The fourth-order valence-electron chi connectivity index (χ4n) is 2.82. The Morgan fingerprint density at radius 2 is 1.95 bits per heavy atom. The lowest BCUT2D eigenvalue weighted by Gasteiger charge is -2.30. The van der Waals surface area contributed by atoms with Crippen molar-refractivity contribution in [3.05, 3.63) is 35.9 Å². The van der Waals surface area contributed by atoms with Crippen LogP contribution in [0.1, 0.15) is 46.2 Å². The van der Waals surface area contributed by atoms with E-state index < -0.39 is 5.60 Å². The summed E-state index contributed by atoms with van der Waals surface area (Å²) >= 11 is 0. The van der Waals surface area contributed by atoms with E-state index in [-0.39, 0.29) is 24.8 Å². The SMILES string of the molecule is CC(C)[C@@H]1OC[C@@H](c2ccccc2)N1CC(=O)OC(C)(C)C. The molecule has 0 aliphatic carbocycles. The van der Waals surface area contributed by atoms with Crippen LogP contribution in [0.15, 0.2) is 30.3 Å². The highest BCUT2D eigenvalue weighted by Crippen LogP contribution is 2.33. The summed E-state index contributed by atoms with van der Waals surface area (Å²) < 4.78 is 11.4. The first-order valence-electron chi connectivity index (χ1n) is 7.92. The van der Waals surface area contributed by atoms with Crippen molar-refractivity contribution < 1.29 is 14.3 Å². The summed E-state index contributed by atoms with van der Waals surface area (Å²) in [5.41, 5.74) is 0.710. The quantitative estimate of drug-likeness (QED) is 0.799. The van der Waals surface area contributed by atoms with Crippen molar-refractivity contribution in [2.45, 2.75) is 52.5 Å². The predicted molar refractivity (Wildman–Crippen MR) is 86.3 cm³/mol. The van der Waals surface area contributed by atoms with Crippen LogP contribution in [0.3, 0.4) is 0 Å². The van der Waals surface area contributed by atoms with E-state index in [0.29, 0.717) is 12.5 Å². The molecule has 0 bridgehead atoms. The van der Waals surface area contributed by atoms with Gasteiger partial charge in [-0.1, -0.05) is 44.2 Å². The van der Waals surface area contributed by atoms with Crippen molar-refractivity contribution in [3.8, 4) is 0 Å². The molecule has 0 unspecified atom stereocenters. The number of hydrogen-bond donors (Lipinski definition) is 0. The fourth-order valence-corrected chi connectivity index (χ4v) is 2.82. The van der Waals surface area contributed by atoms with E-state index in [1.54, 1.807) is 0 Å². The van der Waals surface area contributed by atoms with Crippen molar-refractivity contribution in [3.63, 3.8) is 0 Å². The molecule has 1 aromatic rings. The van der Waals surface area contributed by atoms with Gasteiger partial charge in [0, 0.05) is 0 Å². The summed E-state index contributed by atoms with van der Waals surface area (Å²) in [5, 5.41) is 0. The molecule has 0 spiro atoms. The van der Waals surface area contributed by atoms with Gasteiger partial charge in [0.25, 0.3) is 0 Å². The Bertz CT molecular complexity index is 493. The number of esters is 1. The van der Waals surface area contributed by atoms with Gasteiger partial charge in [-0.25, -0.2) is 0 Å². The van der Waals surface area contributed by atoms with Crippen LogP contribution in [0.4, 0.5) is 0 Å². The molecule has 122 valence electrons. The molecule has 1 heterocycles. The van der Waals surface area contributed by atoms with Gasteiger partial charge in [0.1, 0.15) is 11.8 Å². The minimum absolute atomic E-state index is 0.0577.